The molecule has 0 bridgehead atoms. The van der Waals surface area contributed by atoms with Gasteiger partial charge in [0.2, 0.25) is 22.5 Å². The van der Waals surface area contributed by atoms with E-state index in [1.807, 2.05) is 12.1 Å². The van der Waals surface area contributed by atoms with E-state index in [0.717, 1.165) is 12.1 Å². The summed E-state index contributed by atoms with van der Waals surface area (Å²) in [5.74, 6) is 0. The van der Waals surface area contributed by atoms with Crippen molar-refractivity contribution in [3.8, 4) is 12.0 Å². The van der Waals surface area contributed by atoms with E-state index in [4.69, 9.17) is 19.3 Å². The van der Waals surface area contributed by atoms with Crippen LogP contribution >= 0.6 is 0 Å². The van der Waals surface area contributed by atoms with Crippen LogP contribution in [-0.4, -0.2) is 105 Å². The van der Waals surface area contributed by atoms with Gasteiger partial charge in [-0.1, -0.05) is 60.7 Å². The van der Waals surface area contributed by atoms with Gasteiger partial charge >= 0.3 is 0 Å². The molecule has 4 aromatic carbocycles. The number of para-hydroxylation sites is 2. The van der Waals surface area contributed by atoms with Gasteiger partial charge in [-0.05, 0) is 66.6 Å². The fraction of sp³-hybridized carbons (Fsp3) is 0.179. The van der Waals surface area contributed by atoms with Crippen molar-refractivity contribution in [2.45, 2.75) is 22.8 Å². The summed E-state index contributed by atoms with van der Waals surface area (Å²) in [5.41, 5.74) is 1.26. The Morgan fingerprint density at radius 2 is 1.08 bits per heavy atom. The molecule has 0 spiro atoms. The molecule has 0 radical (unpaired) electrons. The summed E-state index contributed by atoms with van der Waals surface area (Å²) >= 11 is 0. The lowest BCUT2D eigenvalue weighted by Crippen LogP contribution is -2.28. The number of benzene rings is 4. The third kappa shape index (κ3) is 13.3. The summed E-state index contributed by atoms with van der Waals surface area (Å²) in [6, 6.07) is 25.3. The number of aliphatic hydroxyl groups is 2. The third-order valence-electron chi connectivity index (χ3n) is 7.95. The number of hydrogen-bond donors (Lipinski definition) is 8. The molecule has 0 saturated carbocycles. The van der Waals surface area contributed by atoms with E-state index >= 15 is 0 Å². The maximum Gasteiger partial charge on any atom is 0.299 e. The monoisotopic (exact) mass is 888 g/mol. The van der Waals surface area contributed by atoms with Crippen molar-refractivity contribution < 1.29 is 50.4 Å². The lowest BCUT2D eigenvalue weighted by Gasteiger charge is -2.08. The molecule has 23 heteroatoms. The highest BCUT2D eigenvalue weighted by atomic mass is 32.2. The van der Waals surface area contributed by atoms with Crippen LogP contribution < -0.4 is 31.9 Å². The zero-order valence-corrected chi connectivity index (χ0v) is 34.3. The minimum atomic E-state index is -4.89. The summed E-state index contributed by atoms with van der Waals surface area (Å²) in [6.45, 7) is 1.56. The Labute approximate surface area is 352 Å². The normalized spacial score (nSPS) is 13.8. The van der Waals surface area contributed by atoms with Crippen LogP contribution in [0.5, 0.6) is 12.0 Å². The van der Waals surface area contributed by atoms with E-state index in [0.29, 0.717) is 11.4 Å². The Bertz CT molecular complexity index is 3040. The molecule has 0 fully saturated rings. The predicted octanol–water partition coefficient (Wildman–Crippen LogP) is 2.53. The fourth-order valence-electron chi connectivity index (χ4n) is 5.29. The van der Waals surface area contributed by atoms with E-state index in [9.17, 15) is 31.0 Å². The molecule has 21 nitrogen and oxygen atoms in total. The zero-order chi connectivity index (χ0) is 44.1. The number of aliphatic hydroxyl groups excluding tert-OH is 2. The Morgan fingerprint density at radius 3 is 1.52 bits per heavy atom. The third-order valence-corrected chi connectivity index (χ3v) is 9.76. The zero-order valence-electron chi connectivity index (χ0n) is 32.7. The van der Waals surface area contributed by atoms with Crippen LogP contribution in [0, 0.1) is 0 Å². The fourth-order valence-corrected chi connectivity index (χ4v) is 6.70. The van der Waals surface area contributed by atoms with Crippen LogP contribution in [0.3, 0.4) is 0 Å². The highest BCUT2D eigenvalue weighted by molar-refractivity contribution is 7.86. The molecule has 0 amide bonds. The van der Waals surface area contributed by atoms with Crippen molar-refractivity contribution >= 4 is 55.1 Å². The number of aromatic amines is 4. The minimum absolute atomic E-state index is 0.0134. The van der Waals surface area contributed by atoms with Crippen molar-refractivity contribution in [1.82, 2.24) is 29.9 Å². The van der Waals surface area contributed by atoms with Gasteiger partial charge in [-0.15, -0.1) is 0 Å². The van der Waals surface area contributed by atoms with Gasteiger partial charge in [0.1, 0.15) is 23.0 Å². The smallest absolute Gasteiger partial charge is 0.299 e. The molecule has 6 rings (SSSR count). The lowest BCUT2D eigenvalue weighted by molar-refractivity contribution is 0.0681. The van der Waals surface area contributed by atoms with Crippen molar-refractivity contribution in [1.29, 1.82) is 0 Å². The second-order valence-corrected chi connectivity index (χ2v) is 15.6. The van der Waals surface area contributed by atoms with Crippen LogP contribution in [0.15, 0.2) is 127 Å². The van der Waals surface area contributed by atoms with Crippen LogP contribution in [0.2, 0.25) is 0 Å². The molecule has 324 valence electrons. The second-order valence-electron chi connectivity index (χ2n) is 12.9. The molecule has 2 aromatic heterocycles. The standard InChI is InChI=1S/C39H40N10O11S2/c1-25(51)24-60-39-48-35(41-29-10-6-3-7-11-29)45-37(49-39)43-31-17-15-27(33(23-31)62(55,56)57)13-12-26-14-16-30(22-32(26)61(52,53)54)42-36-44-34(40-28-8-4-2-5-9-28)46-38(47-36)59-21-20-58-19-18-50/h2-17,22-23,25,50-51H,18-21,24H2,1H3,(H,52,53,54)(H,55,56,57)(H2,40,42,44,46,47)(H2,41,43,45,48,49)/b13-12+. The average Bonchev–Trinajstić information content (AvgIpc) is 3.22. The molecular weight excluding hydrogens is 849 g/mol. The molecule has 2 heterocycles. The van der Waals surface area contributed by atoms with Crippen molar-refractivity contribution in [3.63, 3.8) is 0 Å². The summed E-state index contributed by atoms with van der Waals surface area (Å²) in [6.07, 6.45) is 1.63. The van der Waals surface area contributed by atoms with Crippen molar-refractivity contribution in [2.75, 3.05) is 33.0 Å². The van der Waals surface area contributed by atoms with Gasteiger partial charge in [0.15, 0.2) is 0 Å². The number of aromatic nitrogens is 6. The number of hydrogen-bond acceptors (Lipinski definition) is 15. The summed E-state index contributed by atoms with van der Waals surface area (Å²) in [5, 5.41) is 18.7. The predicted molar refractivity (Wildman–Crippen MR) is 222 cm³/mol. The van der Waals surface area contributed by atoms with Crippen molar-refractivity contribution in [3.05, 3.63) is 131 Å². The lowest BCUT2D eigenvalue weighted by atomic mass is 10.1. The van der Waals surface area contributed by atoms with E-state index in [1.54, 1.807) is 48.5 Å². The maximum absolute atomic E-state index is 12.6. The number of H-pyrrole nitrogens is 4. The highest BCUT2D eigenvalue weighted by Crippen LogP contribution is 2.27. The average molecular weight is 889 g/mol. The first-order chi connectivity index (χ1) is 29.7. The molecule has 1 unspecified atom stereocenters. The van der Waals surface area contributed by atoms with Crippen LogP contribution in [0.25, 0.3) is 12.2 Å². The largest absolute Gasteiger partial charge is 0.462 e. The number of rotatable bonds is 17. The van der Waals surface area contributed by atoms with Gasteiger partial charge in [-0.2, -0.15) is 26.8 Å². The molecule has 0 saturated heterocycles. The van der Waals surface area contributed by atoms with Gasteiger partial charge in [-0.25, -0.2) is 20.0 Å². The first-order valence-electron chi connectivity index (χ1n) is 18.5. The van der Waals surface area contributed by atoms with Crippen LogP contribution in [0.1, 0.15) is 18.1 Å². The molecular formula is C39H40N10O11S2. The first-order valence-corrected chi connectivity index (χ1v) is 21.3. The molecule has 8 N–H and O–H groups in total. The van der Waals surface area contributed by atoms with E-state index < -0.39 is 36.1 Å². The SMILES string of the molecule is CC(O)COc1nc(=Nc2ccccc2)[nH]c(=Nc2ccc(/C=C/c3ccc(N=c4[nH]c(OCCOCCO)nc(=Nc5ccccc5)[nH]4)cc3S(=O)(=O)O)c(S(=O)(=O)O)c2)[nH]1. The Morgan fingerprint density at radius 1 is 0.613 bits per heavy atom. The Hall–Kier alpha value is -6.86. The first kappa shape index (κ1) is 44.7. The topological polar surface area (TPSA) is 315 Å². The molecule has 1 atom stereocenters. The van der Waals surface area contributed by atoms with Gasteiger partial charge in [-0.3, -0.25) is 29.0 Å². The van der Waals surface area contributed by atoms with Crippen molar-refractivity contribution in [2.24, 2.45) is 20.0 Å². The number of nitrogens with one attached hydrogen (secondary N) is 4. The summed E-state index contributed by atoms with van der Waals surface area (Å²) < 4.78 is 87.4. The molecule has 6 aromatic rings. The Kier molecular flexibility index (Phi) is 14.9. The maximum atomic E-state index is 12.6. The summed E-state index contributed by atoms with van der Waals surface area (Å²) in [4.78, 5) is 36.5. The van der Waals surface area contributed by atoms with Gasteiger partial charge in [0.25, 0.3) is 32.3 Å². The Balaban J connectivity index is 1.35. The van der Waals surface area contributed by atoms with Gasteiger partial charge in [0, 0.05) is 0 Å². The van der Waals surface area contributed by atoms with Gasteiger partial charge < -0.3 is 24.4 Å². The molecule has 0 aliphatic carbocycles. The highest BCUT2D eigenvalue weighted by Gasteiger charge is 2.18. The quantitative estimate of drug-likeness (QED) is 0.0371. The van der Waals surface area contributed by atoms with Crippen LogP contribution in [-0.2, 0) is 25.0 Å². The number of ether oxygens (including phenoxy) is 3. The minimum Gasteiger partial charge on any atom is -0.462 e. The molecule has 62 heavy (non-hydrogen) atoms. The van der Waals surface area contributed by atoms with Crippen LogP contribution in [0.4, 0.5) is 22.7 Å². The number of nitrogens with zero attached hydrogens (tertiary/aromatic N) is 6. The molecule has 0 aliphatic heterocycles. The van der Waals surface area contributed by atoms with E-state index in [-0.39, 0.29) is 90.0 Å². The molecule has 0 aliphatic rings. The second kappa shape index (κ2) is 20.6. The van der Waals surface area contributed by atoms with Gasteiger partial charge in [0.05, 0.1) is 48.7 Å². The summed E-state index contributed by atoms with van der Waals surface area (Å²) in [7, 11) is -9.78. The van der Waals surface area contributed by atoms with E-state index in [2.05, 4.69) is 49.9 Å². The van der Waals surface area contributed by atoms with E-state index in [1.165, 1.54) is 43.3 Å².